The van der Waals surface area contributed by atoms with Crippen molar-refractivity contribution in [2.75, 3.05) is 47.5 Å². The highest BCUT2D eigenvalue weighted by atomic mass is 31.2. The predicted octanol–water partition coefficient (Wildman–Crippen LogP) is 11.0. The average Bonchev–Trinajstić information content (AvgIpc) is 3.06. The first-order valence-corrected chi connectivity index (χ1v) is 21.9. The molecular weight excluding hydrogens is 653 g/mol. The van der Waals surface area contributed by atoms with Gasteiger partial charge in [0, 0.05) is 12.8 Å². The molecular formula is C40H79NO8P+. The summed E-state index contributed by atoms with van der Waals surface area (Å²) in [4.78, 5) is 35.2. The van der Waals surface area contributed by atoms with Gasteiger partial charge in [-0.1, -0.05) is 142 Å². The van der Waals surface area contributed by atoms with E-state index in [9.17, 15) is 19.0 Å². The van der Waals surface area contributed by atoms with Crippen molar-refractivity contribution in [3.63, 3.8) is 0 Å². The number of phosphoric acid groups is 1. The Bertz CT molecular complexity index is 876. The number of hydrogen-bond donors (Lipinski definition) is 1. The summed E-state index contributed by atoms with van der Waals surface area (Å²) in [7, 11) is 1.48. The normalized spacial score (nSPS) is 13.8. The van der Waals surface area contributed by atoms with E-state index in [1.54, 1.807) is 0 Å². The molecule has 0 saturated heterocycles. The van der Waals surface area contributed by atoms with Crippen LogP contribution >= 0.6 is 7.82 Å². The maximum atomic E-state index is 12.6. The summed E-state index contributed by atoms with van der Waals surface area (Å²) in [6.45, 7) is 4.40. The summed E-state index contributed by atoms with van der Waals surface area (Å²) in [6, 6.07) is 0. The smallest absolute Gasteiger partial charge is 0.462 e. The molecule has 0 rings (SSSR count). The number of rotatable bonds is 37. The molecule has 10 heteroatoms. The quantitative estimate of drug-likeness (QED) is 0.0221. The highest BCUT2D eigenvalue weighted by Crippen LogP contribution is 2.43. The maximum absolute atomic E-state index is 12.6. The minimum Gasteiger partial charge on any atom is -0.462 e. The number of phosphoric ester groups is 1. The van der Waals surface area contributed by atoms with Crippen LogP contribution in [0.5, 0.6) is 0 Å². The number of carbonyl (C=O) groups is 2. The molecule has 0 aliphatic heterocycles. The van der Waals surface area contributed by atoms with Gasteiger partial charge in [-0.15, -0.1) is 0 Å². The summed E-state index contributed by atoms with van der Waals surface area (Å²) < 4.78 is 34.2. The Morgan fingerprint density at radius 1 is 0.600 bits per heavy atom. The highest BCUT2D eigenvalue weighted by molar-refractivity contribution is 7.47. The standard InChI is InChI=1S/C40H78NO8P/c1-6-8-10-12-14-16-18-20-22-24-26-28-30-32-39(42)46-36-38(37-48-50(44,45)47-35-34-41(3,4)5)49-40(43)33-31-29-27-25-23-21-19-17-15-13-11-9-7-2/h17,19,38H,6-16,18,20-37H2,1-5H3/p+1/b19-17+/t38-/m1/s1. The number of carbonyl (C=O) groups excluding carboxylic acids is 2. The molecule has 0 saturated carbocycles. The van der Waals surface area contributed by atoms with Crippen molar-refractivity contribution in [1.29, 1.82) is 0 Å². The van der Waals surface area contributed by atoms with Crippen LogP contribution in [-0.4, -0.2) is 74.9 Å². The van der Waals surface area contributed by atoms with Crippen LogP contribution in [0.25, 0.3) is 0 Å². The Balaban J connectivity index is 4.40. The van der Waals surface area contributed by atoms with Crippen LogP contribution in [0.4, 0.5) is 0 Å². The maximum Gasteiger partial charge on any atom is 0.472 e. The van der Waals surface area contributed by atoms with Crippen LogP contribution in [0.15, 0.2) is 12.2 Å². The van der Waals surface area contributed by atoms with Crippen molar-refractivity contribution in [1.82, 2.24) is 0 Å². The molecule has 1 unspecified atom stereocenters. The van der Waals surface area contributed by atoms with E-state index < -0.39 is 26.5 Å². The van der Waals surface area contributed by atoms with E-state index in [-0.39, 0.29) is 25.6 Å². The third-order valence-corrected chi connectivity index (χ3v) is 9.78. The lowest BCUT2D eigenvalue weighted by atomic mass is 10.0. The lowest BCUT2D eigenvalue weighted by molar-refractivity contribution is -0.870. The topological polar surface area (TPSA) is 108 Å². The van der Waals surface area contributed by atoms with Gasteiger partial charge in [0.2, 0.25) is 0 Å². The number of quaternary nitrogens is 1. The molecule has 1 N–H and O–H groups in total. The van der Waals surface area contributed by atoms with E-state index in [2.05, 4.69) is 26.0 Å². The molecule has 0 aliphatic rings. The summed E-state index contributed by atoms with van der Waals surface area (Å²) in [5, 5.41) is 0. The summed E-state index contributed by atoms with van der Waals surface area (Å²) in [6.07, 6.45) is 32.5. The fourth-order valence-corrected chi connectivity index (χ4v) is 6.28. The van der Waals surface area contributed by atoms with Gasteiger partial charge in [-0.05, 0) is 38.5 Å². The fourth-order valence-electron chi connectivity index (χ4n) is 5.54. The van der Waals surface area contributed by atoms with Gasteiger partial charge in [0.05, 0.1) is 27.7 Å². The van der Waals surface area contributed by atoms with Crippen molar-refractivity contribution >= 4 is 19.8 Å². The van der Waals surface area contributed by atoms with E-state index in [1.165, 1.54) is 96.3 Å². The molecule has 0 spiro atoms. The monoisotopic (exact) mass is 733 g/mol. The molecule has 2 atom stereocenters. The number of likely N-dealkylation sites (N-methyl/N-ethyl adjacent to an activating group) is 1. The van der Waals surface area contributed by atoms with E-state index in [4.69, 9.17) is 18.5 Å². The predicted molar refractivity (Wildman–Crippen MR) is 206 cm³/mol. The minimum atomic E-state index is -4.36. The van der Waals surface area contributed by atoms with Crippen LogP contribution in [0.1, 0.15) is 181 Å². The molecule has 9 nitrogen and oxygen atoms in total. The molecule has 0 radical (unpaired) electrons. The number of ether oxygens (including phenoxy) is 2. The van der Waals surface area contributed by atoms with Crippen molar-refractivity contribution in [3.05, 3.63) is 12.2 Å². The number of unbranched alkanes of at least 4 members (excludes halogenated alkanes) is 21. The van der Waals surface area contributed by atoms with Crippen molar-refractivity contribution in [2.45, 2.75) is 187 Å². The molecule has 50 heavy (non-hydrogen) atoms. The molecule has 0 fully saturated rings. The van der Waals surface area contributed by atoms with Crippen molar-refractivity contribution < 1.29 is 42.1 Å². The average molecular weight is 733 g/mol. The Kier molecular flexibility index (Phi) is 32.7. The molecule has 0 aliphatic carbocycles. The molecule has 0 bridgehead atoms. The van der Waals surface area contributed by atoms with Gasteiger partial charge >= 0.3 is 19.8 Å². The largest absolute Gasteiger partial charge is 0.472 e. The van der Waals surface area contributed by atoms with Gasteiger partial charge in [-0.3, -0.25) is 18.6 Å². The fraction of sp³-hybridized carbons (Fsp3) is 0.900. The van der Waals surface area contributed by atoms with Gasteiger partial charge < -0.3 is 18.9 Å². The van der Waals surface area contributed by atoms with Gasteiger partial charge in [-0.25, -0.2) is 4.57 Å². The number of allylic oxidation sites excluding steroid dienone is 2. The Hall–Kier alpha value is -1.25. The molecule has 0 aromatic heterocycles. The van der Waals surface area contributed by atoms with E-state index in [0.717, 1.165) is 51.4 Å². The van der Waals surface area contributed by atoms with E-state index in [0.29, 0.717) is 23.9 Å². The SMILES string of the molecule is CCCCCC/C=C/CCCCCCCC(=O)O[C@H](COC(=O)CCCCCCCCCCCCCCC)COP(=O)(O)OCC[N+](C)(C)C. The highest BCUT2D eigenvalue weighted by Gasteiger charge is 2.27. The van der Waals surface area contributed by atoms with Gasteiger partial charge in [-0.2, -0.15) is 0 Å². The molecule has 0 amide bonds. The molecule has 0 heterocycles. The second-order valence-electron chi connectivity index (χ2n) is 15.0. The Labute approximate surface area is 307 Å². The summed E-state index contributed by atoms with van der Waals surface area (Å²) >= 11 is 0. The Morgan fingerprint density at radius 3 is 1.50 bits per heavy atom. The molecule has 296 valence electrons. The third-order valence-electron chi connectivity index (χ3n) is 8.80. The van der Waals surface area contributed by atoms with Gasteiger partial charge in [0.1, 0.15) is 19.8 Å². The zero-order valence-electron chi connectivity index (χ0n) is 33.1. The first-order valence-electron chi connectivity index (χ1n) is 20.4. The third kappa shape index (κ3) is 36.5. The Morgan fingerprint density at radius 2 is 1.02 bits per heavy atom. The zero-order valence-corrected chi connectivity index (χ0v) is 34.0. The van der Waals surface area contributed by atoms with Crippen LogP contribution in [0.3, 0.4) is 0 Å². The summed E-state index contributed by atoms with van der Waals surface area (Å²) in [5.74, 6) is -0.803. The van der Waals surface area contributed by atoms with Crippen LogP contribution in [0, 0.1) is 0 Å². The van der Waals surface area contributed by atoms with Crippen LogP contribution < -0.4 is 0 Å². The number of esters is 2. The van der Waals surface area contributed by atoms with E-state index >= 15 is 0 Å². The number of hydrogen-bond acceptors (Lipinski definition) is 7. The first-order chi connectivity index (χ1) is 24.0. The number of nitrogens with zero attached hydrogens (tertiary/aromatic N) is 1. The van der Waals surface area contributed by atoms with Gasteiger partial charge in [0.15, 0.2) is 6.10 Å². The van der Waals surface area contributed by atoms with Gasteiger partial charge in [0.25, 0.3) is 0 Å². The van der Waals surface area contributed by atoms with Crippen LogP contribution in [-0.2, 0) is 32.7 Å². The molecule has 0 aromatic carbocycles. The minimum absolute atomic E-state index is 0.0329. The van der Waals surface area contributed by atoms with E-state index in [1.807, 2.05) is 21.1 Å². The van der Waals surface area contributed by atoms with Crippen molar-refractivity contribution in [3.8, 4) is 0 Å². The lowest BCUT2D eigenvalue weighted by Crippen LogP contribution is -2.37. The second-order valence-corrected chi connectivity index (χ2v) is 16.5. The van der Waals surface area contributed by atoms with Crippen LogP contribution in [0.2, 0.25) is 0 Å². The zero-order chi connectivity index (χ0) is 37.2. The lowest BCUT2D eigenvalue weighted by Gasteiger charge is -2.24. The van der Waals surface area contributed by atoms with Crippen molar-refractivity contribution in [2.24, 2.45) is 0 Å². The second kappa shape index (κ2) is 33.6. The molecule has 0 aromatic rings. The summed E-state index contributed by atoms with van der Waals surface area (Å²) in [5.41, 5.74) is 0. The first kappa shape index (κ1) is 48.8.